The zero-order chi connectivity index (χ0) is 15.5. The predicted molar refractivity (Wildman–Crippen MR) is 71.1 cm³/mol. The molecular formula is C15H13F4NO. The van der Waals surface area contributed by atoms with Gasteiger partial charge in [0.2, 0.25) is 0 Å². The zero-order valence-corrected chi connectivity index (χ0v) is 10.9. The smallest absolute Gasteiger partial charge is 0.392 e. The van der Waals surface area contributed by atoms with E-state index in [-0.39, 0.29) is 18.7 Å². The maximum absolute atomic E-state index is 13.0. The number of anilines is 1. The van der Waals surface area contributed by atoms with E-state index in [0.717, 1.165) is 12.1 Å². The summed E-state index contributed by atoms with van der Waals surface area (Å²) in [5.74, 6) is -0.929. The molecule has 0 saturated carbocycles. The molecule has 2 N–H and O–H groups in total. The molecule has 0 aromatic heterocycles. The van der Waals surface area contributed by atoms with Crippen LogP contribution in [0.3, 0.4) is 0 Å². The van der Waals surface area contributed by atoms with E-state index in [9.17, 15) is 17.6 Å². The van der Waals surface area contributed by atoms with Gasteiger partial charge in [-0.15, -0.1) is 0 Å². The van der Waals surface area contributed by atoms with Gasteiger partial charge in [-0.1, -0.05) is 24.3 Å². The van der Waals surface area contributed by atoms with Crippen molar-refractivity contribution in [2.24, 2.45) is 0 Å². The molecule has 0 spiro atoms. The van der Waals surface area contributed by atoms with Crippen LogP contribution in [-0.2, 0) is 19.3 Å². The third-order valence-electron chi connectivity index (χ3n) is 3.03. The normalized spacial score (nSPS) is 11.5. The average molecular weight is 299 g/mol. The molecule has 0 aliphatic rings. The lowest BCUT2D eigenvalue weighted by atomic mass is 10.1. The molecule has 21 heavy (non-hydrogen) atoms. The van der Waals surface area contributed by atoms with Gasteiger partial charge in [-0.3, -0.25) is 0 Å². The fourth-order valence-corrected chi connectivity index (χ4v) is 1.99. The molecule has 0 fully saturated rings. The van der Waals surface area contributed by atoms with E-state index in [0.29, 0.717) is 17.3 Å². The summed E-state index contributed by atoms with van der Waals surface area (Å²) >= 11 is 0. The van der Waals surface area contributed by atoms with Crippen molar-refractivity contribution < 1.29 is 22.7 Å². The Morgan fingerprint density at radius 2 is 1.71 bits per heavy atom. The molecule has 0 atom stereocenters. The van der Waals surface area contributed by atoms with Gasteiger partial charge in [-0.2, -0.15) is 13.2 Å². The first kappa shape index (κ1) is 15.3. The summed E-state index contributed by atoms with van der Waals surface area (Å²) in [6.45, 7) is -0.342. The lowest BCUT2D eigenvalue weighted by Gasteiger charge is -2.15. The maximum atomic E-state index is 13.0. The van der Waals surface area contributed by atoms with E-state index >= 15 is 0 Å². The van der Waals surface area contributed by atoms with Crippen molar-refractivity contribution in [2.75, 3.05) is 5.32 Å². The van der Waals surface area contributed by atoms with Crippen molar-refractivity contribution in [3.8, 4) is 0 Å². The van der Waals surface area contributed by atoms with E-state index in [1.165, 1.54) is 0 Å². The van der Waals surface area contributed by atoms with Crippen LogP contribution >= 0.6 is 0 Å². The molecule has 0 aliphatic carbocycles. The summed E-state index contributed by atoms with van der Waals surface area (Å²) < 4.78 is 51.6. The van der Waals surface area contributed by atoms with Gasteiger partial charge in [0, 0.05) is 17.8 Å². The number of para-hydroxylation sites is 1. The second kappa shape index (κ2) is 6.13. The Labute approximate surface area is 119 Å². The topological polar surface area (TPSA) is 32.3 Å². The molecule has 2 nitrogen and oxygen atoms in total. The van der Waals surface area contributed by atoms with Crippen LogP contribution in [0.25, 0.3) is 0 Å². The number of hydrogen-bond acceptors (Lipinski definition) is 2. The molecule has 0 aliphatic heterocycles. The lowest BCUT2D eigenvalue weighted by molar-refractivity contribution is -0.138. The largest absolute Gasteiger partial charge is 0.416 e. The first-order valence-electron chi connectivity index (χ1n) is 6.20. The molecule has 2 aromatic rings. The predicted octanol–water partition coefficient (Wildman–Crippen LogP) is 3.95. The summed E-state index contributed by atoms with van der Waals surface area (Å²) in [5.41, 5.74) is 0.0544. The minimum Gasteiger partial charge on any atom is -0.392 e. The highest BCUT2D eigenvalue weighted by molar-refractivity contribution is 5.51. The Morgan fingerprint density at radius 1 is 1.00 bits per heavy atom. The van der Waals surface area contributed by atoms with Crippen molar-refractivity contribution in [1.82, 2.24) is 0 Å². The van der Waals surface area contributed by atoms with Crippen LogP contribution in [0.1, 0.15) is 16.7 Å². The SMILES string of the molecule is OCc1ccccc1NCc1ccc(F)cc1C(F)(F)F. The fraction of sp³-hybridized carbons (Fsp3) is 0.200. The number of benzene rings is 2. The van der Waals surface area contributed by atoms with Crippen LogP contribution in [-0.4, -0.2) is 5.11 Å². The third kappa shape index (κ3) is 3.72. The molecule has 6 heteroatoms. The summed E-state index contributed by atoms with van der Waals surface area (Å²) in [6, 6.07) is 9.32. The van der Waals surface area contributed by atoms with E-state index in [4.69, 9.17) is 5.11 Å². The van der Waals surface area contributed by atoms with Gasteiger partial charge in [0.15, 0.2) is 0 Å². The van der Waals surface area contributed by atoms with Gasteiger partial charge in [0.1, 0.15) is 5.82 Å². The molecule has 2 aromatic carbocycles. The van der Waals surface area contributed by atoms with Crippen molar-refractivity contribution in [3.63, 3.8) is 0 Å². The molecule has 0 bridgehead atoms. The minimum atomic E-state index is -4.62. The van der Waals surface area contributed by atoms with Crippen molar-refractivity contribution in [1.29, 1.82) is 0 Å². The Morgan fingerprint density at radius 3 is 2.38 bits per heavy atom. The van der Waals surface area contributed by atoms with E-state index < -0.39 is 17.6 Å². The number of halogens is 4. The monoisotopic (exact) mass is 299 g/mol. The second-order valence-corrected chi connectivity index (χ2v) is 4.47. The van der Waals surface area contributed by atoms with Gasteiger partial charge in [-0.05, 0) is 23.8 Å². The van der Waals surface area contributed by atoms with Gasteiger partial charge in [0.25, 0.3) is 0 Å². The Kier molecular flexibility index (Phi) is 4.47. The number of rotatable bonds is 4. The summed E-state index contributed by atoms with van der Waals surface area (Å²) in [4.78, 5) is 0. The van der Waals surface area contributed by atoms with Gasteiger partial charge < -0.3 is 10.4 Å². The zero-order valence-electron chi connectivity index (χ0n) is 10.9. The quantitative estimate of drug-likeness (QED) is 0.838. The summed E-state index contributed by atoms with van der Waals surface area (Å²) in [7, 11) is 0. The van der Waals surface area contributed by atoms with E-state index in [2.05, 4.69) is 5.32 Å². The number of aliphatic hydroxyl groups is 1. The Hall–Kier alpha value is -2.08. The molecule has 0 amide bonds. The van der Waals surface area contributed by atoms with E-state index in [1.807, 2.05) is 0 Å². The number of hydrogen-bond donors (Lipinski definition) is 2. The Bertz CT molecular complexity index is 625. The lowest BCUT2D eigenvalue weighted by Crippen LogP contribution is -2.13. The minimum absolute atomic E-state index is 0.0587. The highest BCUT2D eigenvalue weighted by atomic mass is 19.4. The van der Waals surface area contributed by atoms with Crippen LogP contribution < -0.4 is 5.32 Å². The van der Waals surface area contributed by atoms with Gasteiger partial charge in [0.05, 0.1) is 12.2 Å². The number of alkyl halides is 3. The summed E-state index contributed by atoms with van der Waals surface area (Å²) in [5, 5.41) is 12.0. The molecule has 2 rings (SSSR count). The molecule has 0 unspecified atom stereocenters. The second-order valence-electron chi connectivity index (χ2n) is 4.47. The molecular weight excluding hydrogens is 286 g/mol. The van der Waals surface area contributed by atoms with Crippen LogP contribution in [0.4, 0.5) is 23.2 Å². The molecule has 0 radical (unpaired) electrons. The highest BCUT2D eigenvalue weighted by Crippen LogP contribution is 2.33. The molecule has 112 valence electrons. The number of aliphatic hydroxyl groups excluding tert-OH is 1. The molecule has 0 saturated heterocycles. The van der Waals surface area contributed by atoms with Crippen LogP contribution in [0.2, 0.25) is 0 Å². The standard InChI is InChI=1S/C15H13F4NO/c16-12-6-5-10(13(7-12)15(17,18)19)8-20-14-4-2-1-3-11(14)9-21/h1-7,20-21H,8-9H2. The first-order valence-corrected chi connectivity index (χ1v) is 6.20. The molecule has 0 heterocycles. The van der Waals surface area contributed by atoms with Gasteiger partial charge >= 0.3 is 6.18 Å². The maximum Gasteiger partial charge on any atom is 0.416 e. The number of nitrogens with one attached hydrogen (secondary N) is 1. The van der Waals surface area contributed by atoms with Gasteiger partial charge in [-0.25, -0.2) is 4.39 Å². The third-order valence-corrected chi connectivity index (χ3v) is 3.03. The van der Waals surface area contributed by atoms with Crippen LogP contribution in [0.5, 0.6) is 0 Å². The van der Waals surface area contributed by atoms with Crippen molar-refractivity contribution in [2.45, 2.75) is 19.3 Å². The average Bonchev–Trinajstić information content (AvgIpc) is 2.45. The van der Waals surface area contributed by atoms with E-state index in [1.54, 1.807) is 24.3 Å². The van der Waals surface area contributed by atoms with Crippen molar-refractivity contribution >= 4 is 5.69 Å². The van der Waals surface area contributed by atoms with Crippen LogP contribution in [0.15, 0.2) is 42.5 Å². The first-order chi connectivity index (χ1) is 9.91. The summed E-state index contributed by atoms with van der Waals surface area (Å²) in [6.07, 6.45) is -4.62. The van der Waals surface area contributed by atoms with Crippen molar-refractivity contribution in [3.05, 3.63) is 65.0 Å². The van der Waals surface area contributed by atoms with Crippen LogP contribution in [0, 0.1) is 5.82 Å². The Balaban J connectivity index is 2.24. The fourth-order valence-electron chi connectivity index (χ4n) is 1.99. The highest BCUT2D eigenvalue weighted by Gasteiger charge is 2.33.